The Morgan fingerprint density at radius 2 is 2.27 bits per heavy atom. The zero-order valence-electron chi connectivity index (χ0n) is 12.4. The SMILES string of the molecule is Cn1cc([C@@H]2CN(CCn3cncn3)C[C@@H]2CC(=O)O)nn1. The Morgan fingerprint density at radius 3 is 2.91 bits per heavy atom. The fourth-order valence-electron chi connectivity index (χ4n) is 3.04. The fraction of sp³-hybridized carbons (Fsp3) is 0.615. The van der Waals surface area contributed by atoms with Gasteiger partial charge in [0, 0.05) is 38.8 Å². The van der Waals surface area contributed by atoms with Crippen molar-refractivity contribution in [2.75, 3.05) is 19.6 Å². The average molecular weight is 305 g/mol. The Kier molecular flexibility index (Phi) is 4.14. The van der Waals surface area contributed by atoms with E-state index in [1.54, 1.807) is 15.7 Å². The van der Waals surface area contributed by atoms with Gasteiger partial charge in [0.25, 0.3) is 0 Å². The Balaban J connectivity index is 1.66. The van der Waals surface area contributed by atoms with Gasteiger partial charge in [-0.1, -0.05) is 5.21 Å². The summed E-state index contributed by atoms with van der Waals surface area (Å²) < 4.78 is 3.44. The van der Waals surface area contributed by atoms with Gasteiger partial charge in [-0.25, -0.2) is 4.98 Å². The molecular weight excluding hydrogens is 286 g/mol. The first-order valence-corrected chi connectivity index (χ1v) is 7.24. The minimum absolute atomic E-state index is 0.0601. The van der Waals surface area contributed by atoms with Crippen molar-refractivity contribution < 1.29 is 9.90 Å². The van der Waals surface area contributed by atoms with E-state index < -0.39 is 5.97 Å². The summed E-state index contributed by atoms with van der Waals surface area (Å²) >= 11 is 0. The van der Waals surface area contributed by atoms with Crippen molar-refractivity contribution in [2.24, 2.45) is 13.0 Å². The van der Waals surface area contributed by atoms with Crippen molar-refractivity contribution in [2.45, 2.75) is 18.9 Å². The second-order valence-corrected chi connectivity index (χ2v) is 5.70. The van der Waals surface area contributed by atoms with Gasteiger partial charge in [-0.05, 0) is 5.92 Å². The summed E-state index contributed by atoms with van der Waals surface area (Å²) in [6.45, 7) is 3.11. The molecule has 9 heteroatoms. The molecule has 1 aliphatic heterocycles. The number of hydrogen-bond acceptors (Lipinski definition) is 6. The van der Waals surface area contributed by atoms with Crippen LogP contribution in [0.2, 0.25) is 0 Å². The molecule has 22 heavy (non-hydrogen) atoms. The lowest BCUT2D eigenvalue weighted by atomic mass is 9.91. The van der Waals surface area contributed by atoms with Gasteiger partial charge in [0.2, 0.25) is 0 Å². The number of aryl methyl sites for hydroxylation is 1. The van der Waals surface area contributed by atoms with E-state index in [9.17, 15) is 4.79 Å². The van der Waals surface area contributed by atoms with E-state index in [0.717, 1.165) is 31.9 Å². The van der Waals surface area contributed by atoms with Crippen LogP contribution in [0.15, 0.2) is 18.9 Å². The van der Waals surface area contributed by atoms with Gasteiger partial charge in [-0.2, -0.15) is 5.10 Å². The Labute approximate surface area is 127 Å². The molecule has 1 saturated heterocycles. The molecule has 1 fully saturated rings. The van der Waals surface area contributed by atoms with E-state index in [1.807, 2.05) is 13.2 Å². The molecule has 0 radical (unpaired) electrons. The highest BCUT2D eigenvalue weighted by Crippen LogP contribution is 2.33. The lowest BCUT2D eigenvalue weighted by Crippen LogP contribution is -2.26. The predicted octanol–water partition coefficient (Wildman–Crippen LogP) is -0.403. The fourth-order valence-corrected chi connectivity index (χ4v) is 3.04. The number of nitrogens with zero attached hydrogens (tertiary/aromatic N) is 7. The van der Waals surface area contributed by atoms with E-state index in [0.29, 0.717) is 0 Å². The zero-order chi connectivity index (χ0) is 15.5. The summed E-state index contributed by atoms with van der Waals surface area (Å²) in [4.78, 5) is 17.3. The highest BCUT2D eigenvalue weighted by atomic mass is 16.4. The third kappa shape index (κ3) is 3.30. The first-order chi connectivity index (χ1) is 10.6. The molecule has 0 aliphatic carbocycles. The topological polar surface area (TPSA) is 102 Å². The van der Waals surface area contributed by atoms with Gasteiger partial charge in [0.15, 0.2) is 0 Å². The number of likely N-dealkylation sites (tertiary alicyclic amines) is 1. The molecule has 3 rings (SSSR count). The van der Waals surface area contributed by atoms with Crippen molar-refractivity contribution in [1.82, 2.24) is 34.7 Å². The number of rotatable bonds is 6. The van der Waals surface area contributed by atoms with E-state index in [4.69, 9.17) is 5.11 Å². The molecule has 1 N–H and O–H groups in total. The second-order valence-electron chi connectivity index (χ2n) is 5.70. The van der Waals surface area contributed by atoms with Crippen LogP contribution in [0, 0.1) is 5.92 Å². The van der Waals surface area contributed by atoms with E-state index >= 15 is 0 Å². The zero-order valence-corrected chi connectivity index (χ0v) is 12.4. The van der Waals surface area contributed by atoms with Crippen LogP contribution in [-0.4, -0.2) is 65.4 Å². The first kappa shape index (κ1) is 14.6. The van der Waals surface area contributed by atoms with Gasteiger partial charge in [0.05, 0.1) is 18.7 Å². The molecule has 9 nitrogen and oxygen atoms in total. The molecule has 0 unspecified atom stereocenters. The maximum atomic E-state index is 11.1. The highest BCUT2D eigenvalue weighted by Gasteiger charge is 2.36. The normalized spacial score (nSPS) is 22.2. The molecule has 2 aromatic heterocycles. The number of aromatic nitrogens is 6. The lowest BCUT2D eigenvalue weighted by Gasteiger charge is -2.14. The minimum atomic E-state index is -0.767. The van der Waals surface area contributed by atoms with Gasteiger partial charge < -0.3 is 10.0 Å². The molecule has 0 saturated carbocycles. The number of aliphatic carboxylic acids is 1. The number of carboxylic acid groups (broad SMARTS) is 1. The van der Waals surface area contributed by atoms with E-state index in [2.05, 4.69) is 25.3 Å². The third-order valence-electron chi connectivity index (χ3n) is 4.07. The molecule has 0 aromatic carbocycles. The van der Waals surface area contributed by atoms with Crippen LogP contribution in [-0.2, 0) is 18.4 Å². The van der Waals surface area contributed by atoms with E-state index in [1.165, 1.54) is 6.33 Å². The lowest BCUT2D eigenvalue weighted by molar-refractivity contribution is -0.138. The molecule has 3 heterocycles. The van der Waals surface area contributed by atoms with Gasteiger partial charge in [-0.3, -0.25) is 14.2 Å². The van der Waals surface area contributed by atoms with Crippen molar-refractivity contribution >= 4 is 5.97 Å². The summed E-state index contributed by atoms with van der Waals surface area (Å²) in [6, 6.07) is 0. The van der Waals surface area contributed by atoms with Gasteiger partial charge in [-0.15, -0.1) is 5.10 Å². The average Bonchev–Trinajstić information content (AvgIpc) is 3.16. The van der Waals surface area contributed by atoms with Crippen LogP contribution in [0.25, 0.3) is 0 Å². The van der Waals surface area contributed by atoms with E-state index in [-0.39, 0.29) is 18.3 Å². The molecule has 0 spiro atoms. The van der Waals surface area contributed by atoms with Crippen LogP contribution >= 0.6 is 0 Å². The summed E-state index contributed by atoms with van der Waals surface area (Å²) in [5.74, 6) is -0.595. The number of carboxylic acids is 1. The third-order valence-corrected chi connectivity index (χ3v) is 4.07. The maximum Gasteiger partial charge on any atom is 0.303 e. The summed E-state index contributed by atoms with van der Waals surface area (Å²) in [5.41, 5.74) is 0.872. The molecule has 1 aliphatic rings. The predicted molar refractivity (Wildman–Crippen MR) is 75.9 cm³/mol. The van der Waals surface area contributed by atoms with Crippen molar-refractivity contribution in [3.63, 3.8) is 0 Å². The monoisotopic (exact) mass is 305 g/mol. The molecular formula is C13H19N7O2. The Morgan fingerprint density at radius 1 is 1.41 bits per heavy atom. The Hall–Kier alpha value is -2.29. The summed E-state index contributed by atoms with van der Waals surface area (Å²) in [6.07, 6.45) is 5.23. The van der Waals surface area contributed by atoms with Crippen LogP contribution in [0.3, 0.4) is 0 Å². The maximum absolute atomic E-state index is 11.1. The minimum Gasteiger partial charge on any atom is -0.481 e. The van der Waals surface area contributed by atoms with Crippen LogP contribution in [0.5, 0.6) is 0 Å². The van der Waals surface area contributed by atoms with Crippen molar-refractivity contribution in [3.05, 3.63) is 24.5 Å². The first-order valence-electron chi connectivity index (χ1n) is 7.24. The standard InChI is InChI=1S/C13H19N7O2/c1-18-7-12(16-17-18)11-6-19(5-10(11)4-13(21)22)2-3-20-9-14-8-15-20/h7-11H,2-6H2,1H3,(H,21,22)/t10-,11+/m0/s1. The van der Waals surface area contributed by atoms with Crippen molar-refractivity contribution in [1.29, 1.82) is 0 Å². The quantitative estimate of drug-likeness (QED) is 0.774. The molecule has 0 amide bonds. The smallest absolute Gasteiger partial charge is 0.303 e. The van der Waals surface area contributed by atoms with Crippen LogP contribution in [0.4, 0.5) is 0 Å². The molecule has 2 aromatic rings. The molecule has 118 valence electrons. The van der Waals surface area contributed by atoms with Gasteiger partial charge in [0.1, 0.15) is 12.7 Å². The molecule has 2 atom stereocenters. The number of carbonyl (C=O) groups is 1. The van der Waals surface area contributed by atoms with Gasteiger partial charge >= 0.3 is 5.97 Å². The number of hydrogen-bond donors (Lipinski definition) is 1. The molecule has 0 bridgehead atoms. The highest BCUT2D eigenvalue weighted by molar-refractivity contribution is 5.67. The van der Waals surface area contributed by atoms with Crippen LogP contribution in [0.1, 0.15) is 18.0 Å². The second kappa shape index (κ2) is 6.22. The summed E-state index contributed by atoms with van der Waals surface area (Å²) in [7, 11) is 1.82. The largest absolute Gasteiger partial charge is 0.481 e. The van der Waals surface area contributed by atoms with Crippen LogP contribution < -0.4 is 0 Å². The summed E-state index contributed by atoms with van der Waals surface area (Å²) in [5, 5.41) is 21.3. The Bertz CT molecular complexity index is 624. The van der Waals surface area contributed by atoms with Crippen molar-refractivity contribution in [3.8, 4) is 0 Å².